The van der Waals surface area contributed by atoms with Crippen molar-refractivity contribution in [3.05, 3.63) is 102 Å². The molecule has 1 heterocycles. The highest BCUT2D eigenvalue weighted by atomic mass is 16.5. The van der Waals surface area contributed by atoms with E-state index in [1.54, 1.807) is 6.07 Å². The lowest BCUT2D eigenvalue weighted by molar-refractivity contribution is 0.183. The monoisotopic (exact) mass is 438 g/mol. The van der Waals surface area contributed by atoms with Crippen molar-refractivity contribution in [1.29, 1.82) is 0 Å². The summed E-state index contributed by atoms with van der Waals surface area (Å²) < 4.78 is 5.96. The molecule has 0 bridgehead atoms. The van der Waals surface area contributed by atoms with Gasteiger partial charge in [0.2, 0.25) is 0 Å². The average molecular weight is 438 g/mol. The molecule has 0 spiro atoms. The van der Waals surface area contributed by atoms with E-state index in [0.29, 0.717) is 12.2 Å². The van der Waals surface area contributed by atoms with Gasteiger partial charge in [0.1, 0.15) is 5.75 Å². The van der Waals surface area contributed by atoms with Crippen LogP contribution in [0.2, 0.25) is 6.32 Å². The van der Waals surface area contributed by atoms with Crippen LogP contribution in [-0.2, 0) is 4.65 Å². The van der Waals surface area contributed by atoms with Gasteiger partial charge in [-0.2, -0.15) is 0 Å². The third-order valence-electron chi connectivity index (χ3n) is 6.36. The third kappa shape index (κ3) is 5.30. The predicted molar refractivity (Wildman–Crippen MR) is 139 cm³/mol. The van der Waals surface area contributed by atoms with Gasteiger partial charge in [-0.15, -0.1) is 0 Å². The van der Waals surface area contributed by atoms with E-state index in [-0.39, 0.29) is 11.9 Å². The van der Waals surface area contributed by atoms with Gasteiger partial charge >= 0.3 is 7.12 Å². The second-order valence-corrected chi connectivity index (χ2v) is 8.95. The van der Waals surface area contributed by atoms with Crippen LogP contribution in [0.5, 0.6) is 5.75 Å². The number of allylic oxidation sites excluding steroid dienone is 2. The lowest BCUT2D eigenvalue weighted by atomic mass is 9.76. The maximum atomic E-state index is 10.3. The van der Waals surface area contributed by atoms with E-state index < -0.39 is 7.12 Å². The Hall–Kier alpha value is -3.08. The number of aromatic hydroxyl groups is 1. The highest BCUT2D eigenvalue weighted by Gasteiger charge is 2.29. The van der Waals surface area contributed by atoms with Gasteiger partial charge in [-0.25, -0.2) is 0 Å². The minimum absolute atomic E-state index is 0.188. The summed E-state index contributed by atoms with van der Waals surface area (Å²) in [6.45, 7) is 8.55. The Morgan fingerprint density at radius 3 is 2.48 bits per heavy atom. The molecule has 3 aromatic carbocycles. The molecule has 0 radical (unpaired) electrons. The van der Waals surface area contributed by atoms with Crippen LogP contribution in [0.1, 0.15) is 37.8 Å². The van der Waals surface area contributed by atoms with Crippen molar-refractivity contribution in [2.45, 2.75) is 39.1 Å². The van der Waals surface area contributed by atoms with E-state index in [4.69, 9.17) is 4.65 Å². The molecule has 3 aromatic rings. The summed E-state index contributed by atoms with van der Waals surface area (Å²) in [5.74, 6) is 0.612. The molecular formula is C29H31BO3. The smallest absolute Gasteiger partial charge is 0.458 e. The molecule has 4 rings (SSSR count). The van der Waals surface area contributed by atoms with Crippen LogP contribution >= 0.6 is 0 Å². The minimum Gasteiger partial charge on any atom is -0.507 e. The number of fused-ring (bicyclic) bond motifs is 1. The zero-order chi connectivity index (χ0) is 23.4. The second kappa shape index (κ2) is 10.2. The SMILES string of the molecule is C=C(C1=CCB(O)OC1CC/C(=C/c1ccc(O)c2ccccc12)c1ccccc1)C(C)C. The van der Waals surface area contributed by atoms with Crippen LogP contribution in [0.15, 0.2) is 90.5 Å². The maximum Gasteiger partial charge on any atom is 0.458 e. The maximum absolute atomic E-state index is 10.3. The molecule has 0 aliphatic carbocycles. The van der Waals surface area contributed by atoms with Crippen LogP contribution in [-0.4, -0.2) is 23.4 Å². The molecular weight excluding hydrogens is 407 g/mol. The van der Waals surface area contributed by atoms with Crippen LogP contribution in [0.3, 0.4) is 0 Å². The van der Waals surface area contributed by atoms with Gasteiger partial charge in [0.25, 0.3) is 0 Å². The molecule has 1 aliphatic rings. The molecule has 1 aliphatic heterocycles. The van der Waals surface area contributed by atoms with Crippen molar-refractivity contribution in [2.75, 3.05) is 0 Å². The summed E-state index contributed by atoms with van der Waals surface area (Å²) >= 11 is 0. The summed E-state index contributed by atoms with van der Waals surface area (Å²) in [4.78, 5) is 0. The summed E-state index contributed by atoms with van der Waals surface area (Å²) in [6.07, 6.45) is 6.12. The highest BCUT2D eigenvalue weighted by Crippen LogP contribution is 2.34. The summed E-state index contributed by atoms with van der Waals surface area (Å²) in [5.41, 5.74) is 5.58. The Morgan fingerprint density at radius 1 is 1.06 bits per heavy atom. The van der Waals surface area contributed by atoms with Crippen molar-refractivity contribution in [3.63, 3.8) is 0 Å². The first-order valence-corrected chi connectivity index (χ1v) is 11.6. The van der Waals surface area contributed by atoms with Crippen LogP contribution in [0.4, 0.5) is 0 Å². The molecule has 3 nitrogen and oxygen atoms in total. The van der Waals surface area contributed by atoms with E-state index in [1.807, 2.05) is 48.5 Å². The van der Waals surface area contributed by atoms with E-state index >= 15 is 0 Å². The summed E-state index contributed by atoms with van der Waals surface area (Å²) in [5, 5.41) is 22.3. The number of rotatable bonds is 7. The zero-order valence-corrected chi connectivity index (χ0v) is 19.4. The fourth-order valence-corrected chi connectivity index (χ4v) is 4.43. The van der Waals surface area contributed by atoms with Gasteiger partial charge in [-0.05, 0) is 58.1 Å². The van der Waals surface area contributed by atoms with Gasteiger partial charge < -0.3 is 14.8 Å². The quantitative estimate of drug-likeness (QED) is 0.312. The van der Waals surface area contributed by atoms with Crippen LogP contribution in [0, 0.1) is 5.92 Å². The molecule has 0 saturated heterocycles. The molecule has 168 valence electrons. The molecule has 0 saturated carbocycles. The number of hydrogen-bond donors (Lipinski definition) is 2. The largest absolute Gasteiger partial charge is 0.507 e. The number of hydrogen-bond acceptors (Lipinski definition) is 3. The summed E-state index contributed by atoms with van der Waals surface area (Å²) in [7, 11) is -0.774. The first-order valence-electron chi connectivity index (χ1n) is 11.6. The lowest BCUT2D eigenvalue weighted by Gasteiger charge is -2.30. The third-order valence-corrected chi connectivity index (χ3v) is 6.36. The van der Waals surface area contributed by atoms with E-state index in [1.165, 1.54) is 5.57 Å². The Morgan fingerprint density at radius 2 is 1.76 bits per heavy atom. The van der Waals surface area contributed by atoms with E-state index in [0.717, 1.165) is 45.9 Å². The Kier molecular flexibility index (Phi) is 7.17. The Labute approximate surface area is 196 Å². The Bertz CT molecular complexity index is 1190. The standard InChI is InChI=1S/C29H31BO3/c1-20(2)21(3)25-17-18-30(32)33-29(25)16-14-23(22-9-5-4-6-10-22)19-24-13-15-28(31)27-12-8-7-11-26(24)27/h4-13,15,17,19-20,29,31-32H,3,14,16,18H2,1-2H3/b23-19-. The fourth-order valence-electron chi connectivity index (χ4n) is 4.43. The van der Waals surface area contributed by atoms with Crippen molar-refractivity contribution >= 4 is 29.5 Å². The van der Waals surface area contributed by atoms with E-state index in [2.05, 4.69) is 44.7 Å². The molecule has 0 fully saturated rings. The summed E-state index contributed by atoms with van der Waals surface area (Å²) in [6, 6.07) is 22.0. The van der Waals surface area contributed by atoms with Crippen molar-refractivity contribution in [3.8, 4) is 5.75 Å². The van der Waals surface area contributed by atoms with Crippen molar-refractivity contribution < 1.29 is 14.8 Å². The highest BCUT2D eigenvalue weighted by molar-refractivity contribution is 6.43. The molecule has 4 heteroatoms. The Balaban J connectivity index is 1.69. The van der Waals surface area contributed by atoms with Gasteiger partial charge in [0, 0.05) is 11.7 Å². The normalized spacial score (nSPS) is 16.8. The predicted octanol–water partition coefficient (Wildman–Crippen LogP) is 6.88. The molecule has 1 atom stereocenters. The number of benzene rings is 3. The van der Waals surface area contributed by atoms with Gasteiger partial charge in [-0.3, -0.25) is 0 Å². The van der Waals surface area contributed by atoms with Crippen molar-refractivity contribution in [2.24, 2.45) is 5.92 Å². The number of phenolic OH excluding ortho intramolecular Hbond substituents is 1. The topological polar surface area (TPSA) is 49.7 Å². The van der Waals surface area contributed by atoms with Crippen LogP contribution in [0.25, 0.3) is 22.4 Å². The fraction of sp³-hybridized carbons (Fsp3) is 0.241. The lowest BCUT2D eigenvalue weighted by Crippen LogP contribution is -2.32. The van der Waals surface area contributed by atoms with Gasteiger partial charge in [0.15, 0.2) is 0 Å². The number of phenols is 1. The molecule has 33 heavy (non-hydrogen) atoms. The molecule has 2 N–H and O–H groups in total. The first kappa shape index (κ1) is 23.1. The van der Waals surface area contributed by atoms with Gasteiger partial charge in [-0.1, -0.05) is 93.2 Å². The van der Waals surface area contributed by atoms with Crippen LogP contribution < -0.4 is 0 Å². The molecule has 0 aromatic heterocycles. The van der Waals surface area contributed by atoms with Gasteiger partial charge in [0.05, 0.1) is 6.10 Å². The minimum atomic E-state index is -0.774. The van der Waals surface area contributed by atoms with Crippen molar-refractivity contribution in [1.82, 2.24) is 0 Å². The average Bonchev–Trinajstić information content (AvgIpc) is 2.83. The second-order valence-electron chi connectivity index (χ2n) is 8.95. The zero-order valence-electron chi connectivity index (χ0n) is 19.4. The van der Waals surface area contributed by atoms with E-state index in [9.17, 15) is 10.1 Å². The molecule has 0 amide bonds. The molecule has 1 unspecified atom stereocenters. The first-order chi connectivity index (χ1) is 15.9.